The number of carbonyl (C=O) groups is 2. The van der Waals surface area contributed by atoms with Crippen molar-refractivity contribution in [2.75, 3.05) is 0 Å². The predicted molar refractivity (Wildman–Crippen MR) is 85.8 cm³/mol. The maximum Gasteiger partial charge on any atom is 0.747 e. The predicted octanol–water partition coefficient (Wildman–Crippen LogP) is 3.42. The minimum Gasteiger partial charge on any atom is -0.478 e. The van der Waals surface area contributed by atoms with Gasteiger partial charge in [-0.15, -0.1) is 4.89 Å². The van der Waals surface area contributed by atoms with E-state index in [0.717, 1.165) is 0 Å². The van der Waals surface area contributed by atoms with Gasteiger partial charge in [0, 0.05) is 9.95 Å². The van der Waals surface area contributed by atoms with Gasteiger partial charge in [-0.05, 0) is 40.4 Å². The molecule has 1 atom stereocenters. The van der Waals surface area contributed by atoms with Gasteiger partial charge < -0.3 is 10.2 Å². The fraction of sp³-hybridized carbons (Fsp3) is 0. The van der Waals surface area contributed by atoms with E-state index in [9.17, 15) is 24.4 Å². The molecule has 0 aromatic heterocycles. The highest BCUT2D eigenvalue weighted by Gasteiger charge is 2.25. The molecule has 0 bridgehead atoms. The summed E-state index contributed by atoms with van der Waals surface area (Å²) in [5, 5.41) is 20.4. The van der Waals surface area contributed by atoms with Crippen molar-refractivity contribution >= 4 is 41.7 Å². The summed E-state index contributed by atoms with van der Waals surface area (Å²) in [6.07, 6.45) is 0. The molecular weight excluding hydrogens is 335 g/mol. The topological polar surface area (TPSA) is 121 Å². The van der Waals surface area contributed by atoms with E-state index in [0.29, 0.717) is 16.2 Å². The number of carboxylic acid groups (broad SMARTS) is 2. The normalized spacial score (nSPS) is 11.5. The Kier molecular flexibility index (Phi) is 3.89. The fourth-order valence-corrected chi connectivity index (χ4v) is 2.96. The first-order valence-electron chi connectivity index (χ1n) is 6.68. The summed E-state index contributed by atoms with van der Waals surface area (Å²) in [7, 11) is -3.08. The van der Waals surface area contributed by atoms with Crippen LogP contribution in [-0.4, -0.2) is 27.0 Å². The van der Waals surface area contributed by atoms with Gasteiger partial charge in [-0.25, -0.2) is 14.1 Å². The molecule has 0 heterocycles. The second-order valence-electron chi connectivity index (χ2n) is 4.98. The minimum atomic E-state index is -3.08. The van der Waals surface area contributed by atoms with E-state index < -0.39 is 20.2 Å². The lowest BCUT2D eigenvalue weighted by Crippen LogP contribution is -2.01. The average Bonchev–Trinajstić information content (AvgIpc) is 2.51. The van der Waals surface area contributed by atoms with Gasteiger partial charge in [0.15, 0.2) is 0 Å². The summed E-state index contributed by atoms with van der Waals surface area (Å²) in [5.41, 5.74) is -0.249. The third-order valence-corrected chi connectivity index (χ3v) is 3.94. The van der Waals surface area contributed by atoms with Crippen molar-refractivity contribution in [1.29, 1.82) is 0 Å². The number of aromatic carboxylic acids is 2. The quantitative estimate of drug-likeness (QED) is 0.489. The Morgan fingerprint density at radius 2 is 1.54 bits per heavy atom. The molecule has 0 aliphatic carbocycles. The average molecular weight is 345 g/mol. The summed E-state index contributed by atoms with van der Waals surface area (Å²) >= 11 is 0. The van der Waals surface area contributed by atoms with Gasteiger partial charge in [0.1, 0.15) is 5.56 Å². The van der Waals surface area contributed by atoms with E-state index in [-0.39, 0.29) is 22.3 Å². The monoisotopic (exact) mass is 345 g/mol. The number of benzene rings is 3. The van der Waals surface area contributed by atoms with Crippen LogP contribution in [0, 0.1) is 0 Å². The van der Waals surface area contributed by atoms with Gasteiger partial charge in [0.2, 0.25) is 5.75 Å². The molecule has 8 heteroatoms. The van der Waals surface area contributed by atoms with Crippen LogP contribution in [0.2, 0.25) is 0 Å². The zero-order chi connectivity index (χ0) is 17.4. The molecule has 3 rings (SSSR count). The number of hydrogen-bond donors (Lipinski definition) is 3. The van der Waals surface area contributed by atoms with Gasteiger partial charge in [0.05, 0.1) is 5.56 Å². The van der Waals surface area contributed by atoms with E-state index >= 15 is 0 Å². The molecule has 0 aliphatic rings. The fourth-order valence-electron chi connectivity index (χ4n) is 2.60. The number of rotatable bonds is 4. The van der Waals surface area contributed by atoms with Gasteiger partial charge in [-0.2, -0.15) is 0 Å². The zero-order valence-corrected chi connectivity index (χ0v) is 12.9. The Labute approximate surface area is 135 Å². The van der Waals surface area contributed by atoms with E-state index in [2.05, 4.69) is 0 Å². The summed E-state index contributed by atoms with van der Waals surface area (Å²) in [4.78, 5) is 31.7. The lowest BCUT2D eigenvalue weighted by atomic mass is 9.97. The molecule has 0 spiro atoms. The highest BCUT2D eigenvalue weighted by atomic mass is 31.1. The van der Waals surface area contributed by atoms with Crippen LogP contribution in [0.5, 0.6) is 5.75 Å². The molecular formula is C16H10O7P+. The summed E-state index contributed by atoms with van der Waals surface area (Å²) in [6, 6.07) is 10.7. The second-order valence-corrected chi connectivity index (χ2v) is 5.64. The van der Waals surface area contributed by atoms with Gasteiger partial charge >= 0.3 is 20.2 Å². The van der Waals surface area contributed by atoms with Crippen LogP contribution >= 0.6 is 8.25 Å². The molecule has 0 aliphatic heterocycles. The van der Waals surface area contributed by atoms with Crippen molar-refractivity contribution in [2.24, 2.45) is 0 Å². The highest BCUT2D eigenvalue weighted by molar-refractivity contribution is 7.32. The Hall–Kier alpha value is -3.02. The van der Waals surface area contributed by atoms with Crippen LogP contribution in [0.3, 0.4) is 0 Å². The van der Waals surface area contributed by atoms with Crippen molar-refractivity contribution in [2.45, 2.75) is 0 Å². The van der Waals surface area contributed by atoms with Crippen molar-refractivity contribution in [3.63, 3.8) is 0 Å². The molecule has 0 amide bonds. The van der Waals surface area contributed by atoms with E-state index in [4.69, 9.17) is 9.42 Å². The molecule has 0 fully saturated rings. The Balaban J connectivity index is 2.44. The Morgan fingerprint density at radius 3 is 2.17 bits per heavy atom. The summed E-state index contributed by atoms with van der Waals surface area (Å²) in [5.74, 6) is -2.73. The smallest absolute Gasteiger partial charge is 0.478 e. The molecule has 3 aromatic rings. The number of hydrogen-bond acceptors (Lipinski definition) is 4. The largest absolute Gasteiger partial charge is 0.747 e. The molecule has 1 unspecified atom stereocenters. The van der Waals surface area contributed by atoms with Crippen molar-refractivity contribution in [3.05, 3.63) is 53.6 Å². The Morgan fingerprint density at radius 1 is 0.875 bits per heavy atom. The SMILES string of the molecule is O=C(O)c1ccc2cc3cccc(C(=O)O)c3cc2c1O[P+](=O)O. The van der Waals surface area contributed by atoms with Crippen molar-refractivity contribution < 1.29 is 33.8 Å². The van der Waals surface area contributed by atoms with Crippen LogP contribution in [0.1, 0.15) is 20.7 Å². The maximum absolute atomic E-state index is 11.4. The number of carboxylic acids is 2. The van der Waals surface area contributed by atoms with Crippen LogP contribution in [0.25, 0.3) is 21.5 Å². The molecule has 3 N–H and O–H groups in total. The first-order chi connectivity index (χ1) is 11.4. The van der Waals surface area contributed by atoms with Crippen LogP contribution in [-0.2, 0) is 4.57 Å². The van der Waals surface area contributed by atoms with Crippen molar-refractivity contribution in [3.8, 4) is 5.75 Å². The summed E-state index contributed by atoms with van der Waals surface area (Å²) in [6.45, 7) is 0. The second kappa shape index (κ2) is 5.88. The van der Waals surface area contributed by atoms with Gasteiger partial charge in [-0.1, -0.05) is 18.2 Å². The third-order valence-electron chi connectivity index (χ3n) is 3.60. The van der Waals surface area contributed by atoms with Gasteiger partial charge in [-0.3, -0.25) is 0 Å². The molecule has 0 saturated carbocycles. The standard InChI is InChI=1S/C16H9O7P/c17-15(18)10-3-1-2-8-6-9-4-5-11(16(19)20)14(23-24(21)22)13(9)7-12(8)10/h1-7H,(H2-,17,18,19,20,21,22)/p+1. The van der Waals surface area contributed by atoms with Gasteiger partial charge in [0.25, 0.3) is 0 Å². The van der Waals surface area contributed by atoms with E-state index in [1.54, 1.807) is 18.2 Å². The number of fused-ring (bicyclic) bond motifs is 2. The van der Waals surface area contributed by atoms with E-state index in [1.165, 1.54) is 24.3 Å². The van der Waals surface area contributed by atoms with E-state index in [1.807, 2.05) is 0 Å². The van der Waals surface area contributed by atoms with Crippen LogP contribution < -0.4 is 4.52 Å². The zero-order valence-electron chi connectivity index (χ0n) is 12.0. The molecule has 24 heavy (non-hydrogen) atoms. The first kappa shape index (κ1) is 15.9. The highest BCUT2D eigenvalue weighted by Crippen LogP contribution is 2.37. The van der Waals surface area contributed by atoms with Crippen molar-refractivity contribution in [1.82, 2.24) is 0 Å². The molecule has 0 radical (unpaired) electrons. The lowest BCUT2D eigenvalue weighted by Gasteiger charge is -2.08. The van der Waals surface area contributed by atoms with Crippen LogP contribution in [0.15, 0.2) is 42.5 Å². The first-order valence-corrected chi connectivity index (χ1v) is 7.81. The minimum absolute atomic E-state index is 0.0365. The van der Waals surface area contributed by atoms with Crippen LogP contribution in [0.4, 0.5) is 0 Å². The third kappa shape index (κ3) is 2.67. The molecule has 7 nitrogen and oxygen atoms in total. The molecule has 120 valence electrons. The molecule has 3 aromatic carbocycles. The summed E-state index contributed by atoms with van der Waals surface area (Å²) < 4.78 is 15.9. The molecule has 0 saturated heterocycles. The lowest BCUT2D eigenvalue weighted by molar-refractivity contribution is 0.0685. The Bertz CT molecular complexity index is 1030. The maximum atomic E-state index is 11.4.